The minimum atomic E-state index is -0.178. The minimum Gasteiger partial charge on any atom is -0.458 e. The molecule has 0 heterocycles. The summed E-state index contributed by atoms with van der Waals surface area (Å²) in [6.45, 7) is 8.41. The second-order valence-electron chi connectivity index (χ2n) is 8.13. The monoisotopic (exact) mass is 322 g/mol. The van der Waals surface area contributed by atoms with Crippen LogP contribution in [0.5, 0.6) is 0 Å². The third-order valence-electron chi connectivity index (χ3n) is 6.69. The molecule has 0 N–H and O–H groups in total. The lowest BCUT2D eigenvalue weighted by atomic mass is 9.62. The van der Waals surface area contributed by atoms with Crippen LogP contribution in [0.4, 0.5) is 0 Å². The molecule has 24 heavy (non-hydrogen) atoms. The molecule has 0 radical (unpaired) electrons. The Balaban J connectivity index is 1.96. The zero-order valence-electron chi connectivity index (χ0n) is 15.1. The number of rotatable bonds is 1. The van der Waals surface area contributed by atoms with Crippen molar-refractivity contribution in [2.24, 2.45) is 11.3 Å². The third kappa shape index (κ3) is 2.19. The highest BCUT2D eigenvalue weighted by Gasteiger charge is 2.51. The molecular formula is C22H26O2. The standard InChI is InChI=1S/C22H26O2/c1-13-5-8-17-16(11-13)7-9-18-19-10-6-14(2)22(19,4)12-20(21(17)18)24-15(3)23/h5,7-9,11,14,19-20H,6,10,12H2,1-4H3/t14?,19?,20-,22?/m0/s1. The minimum absolute atomic E-state index is 0.120. The van der Waals surface area contributed by atoms with Crippen LogP contribution in [0.25, 0.3) is 10.8 Å². The van der Waals surface area contributed by atoms with Crippen LogP contribution in [0.15, 0.2) is 30.3 Å². The van der Waals surface area contributed by atoms with Gasteiger partial charge in [-0.2, -0.15) is 0 Å². The number of hydrogen-bond acceptors (Lipinski definition) is 2. The Morgan fingerprint density at radius 3 is 2.75 bits per heavy atom. The lowest BCUT2D eigenvalue weighted by Gasteiger charge is -2.44. The molecule has 0 bridgehead atoms. The summed E-state index contributed by atoms with van der Waals surface area (Å²) in [5.41, 5.74) is 4.17. The van der Waals surface area contributed by atoms with Gasteiger partial charge in [0.15, 0.2) is 0 Å². The second kappa shape index (κ2) is 5.34. The van der Waals surface area contributed by atoms with E-state index in [-0.39, 0.29) is 17.5 Å². The van der Waals surface area contributed by atoms with Crippen LogP contribution >= 0.6 is 0 Å². The van der Waals surface area contributed by atoms with Crippen LogP contribution < -0.4 is 0 Å². The Morgan fingerprint density at radius 1 is 1.21 bits per heavy atom. The van der Waals surface area contributed by atoms with Crippen LogP contribution in [0, 0.1) is 18.3 Å². The van der Waals surface area contributed by atoms with Crippen molar-refractivity contribution in [2.75, 3.05) is 0 Å². The number of hydrogen-bond donors (Lipinski definition) is 0. The predicted octanol–water partition coefficient (Wildman–Crippen LogP) is 5.68. The average Bonchev–Trinajstić information content (AvgIpc) is 2.81. The highest BCUT2D eigenvalue weighted by molar-refractivity contribution is 5.88. The summed E-state index contributed by atoms with van der Waals surface area (Å²) in [7, 11) is 0. The summed E-state index contributed by atoms with van der Waals surface area (Å²) in [4.78, 5) is 11.8. The van der Waals surface area contributed by atoms with Crippen molar-refractivity contribution in [3.8, 4) is 0 Å². The molecule has 2 aromatic carbocycles. The van der Waals surface area contributed by atoms with Crippen molar-refractivity contribution in [2.45, 2.75) is 59.0 Å². The van der Waals surface area contributed by atoms with Crippen molar-refractivity contribution < 1.29 is 9.53 Å². The summed E-state index contributed by atoms with van der Waals surface area (Å²) in [6, 6.07) is 11.2. The van der Waals surface area contributed by atoms with Gasteiger partial charge in [0, 0.05) is 12.5 Å². The van der Waals surface area contributed by atoms with Gasteiger partial charge in [-0.1, -0.05) is 49.7 Å². The fourth-order valence-corrected chi connectivity index (χ4v) is 5.23. The van der Waals surface area contributed by atoms with Crippen LogP contribution in [-0.2, 0) is 9.53 Å². The van der Waals surface area contributed by atoms with Gasteiger partial charge < -0.3 is 4.74 Å². The van der Waals surface area contributed by atoms with Crippen molar-refractivity contribution in [3.63, 3.8) is 0 Å². The first kappa shape index (κ1) is 15.7. The van der Waals surface area contributed by atoms with Gasteiger partial charge in [0.1, 0.15) is 6.10 Å². The normalized spacial score (nSPS) is 31.6. The van der Waals surface area contributed by atoms with Crippen LogP contribution in [0.2, 0.25) is 0 Å². The topological polar surface area (TPSA) is 26.3 Å². The van der Waals surface area contributed by atoms with Crippen molar-refractivity contribution in [3.05, 3.63) is 47.0 Å². The molecule has 3 unspecified atom stereocenters. The Morgan fingerprint density at radius 2 is 2.00 bits per heavy atom. The molecule has 4 rings (SSSR count). The third-order valence-corrected chi connectivity index (χ3v) is 6.69. The van der Waals surface area contributed by atoms with E-state index in [4.69, 9.17) is 4.74 Å². The Bertz CT molecular complexity index is 822. The molecule has 2 aliphatic carbocycles. The predicted molar refractivity (Wildman–Crippen MR) is 97.1 cm³/mol. The van der Waals surface area contributed by atoms with Crippen molar-refractivity contribution in [1.82, 2.24) is 0 Å². The Hall–Kier alpha value is -1.83. The summed E-state index contributed by atoms with van der Waals surface area (Å²) in [5.74, 6) is 1.07. The molecule has 1 fully saturated rings. The maximum absolute atomic E-state index is 11.8. The first-order valence-corrected chi connectivity index (χ1v) is 9.10. The fraction of sp³-hybridized carbons (Fsp3) is 0.500. The van der Waals surface area contributed by atoms with Crippen molar-refractivity contribution >= 4 is 16.7 Å². The maximum Gasteiger partial charge on any atom is 0.303 e. The Labute approximate surface area is 144 Å². The second-order valence-corrected chi connectivity index (χ2v) is 8.13. The SMILES string of the molecule is CC(=O)O[C@H]1CC2(C)C(C)CCC2c2ccc3cc(C)ccc3c21. The lowest BCUT2D eigenvalue weighted by Crippen LogP contribution is -2.34. The molecule has 0 saturated heterocycles. The molecule has 2 heteroatoms. The number of aryl methyl sites for hydroxylation is 1. The number of fused-ring (bicyclic) bond motifs is 5. The van der Waals surface area contributed by atoms with E-state index in [0.717, 1.165) is 6.42 Å². The molecule has 2 nitrogen and oxygen atoms in total. The lowest BCUT2D eigenvalue weighted by molar-refractivity contribution is -0.149. The van der Waals surface area contributed by atoms with E-state index >= 15 is 0 Å². The van der Waals surface area contributed by atoms with E-state index in [9.17, 15) is 4.79 Å². The van der Waals surface area contributed by atoms with Gasteiger partial charge in [0.05, 0.1) is 0 Å². The quantitative estimate of drug-likeness (QED) is 0.632. The molecule has 0 aliphatic heterocycles. The molecule has 1 saturated carbocycles. The van der Waals surface area contributed by atoms with E-state index in [1.165, 1.54) is 47.2 Å². The zero-order valence-corrected chi connectivity index (χ0v) is 15.1. The molecular weight excluding hydrogens is 296 g/mol. The van der Waals surface area contributed by atoms with E-state index in [0.29, 0.717) is 11.8 Å². The zero-order chi connectivity index (χ0) is 17.1. The van der Waals surface area contributed by atoms with E-state index < -0.39 is 0 Å². The van der Waals surface area contributed by atoms with Gasteiger partial charge >= 0.3 is 5.97 Å². The van der Waals surface area contributed by atoms with Gasteiger partial charge in [0.2, 0.25) is 0 Å². The van der Waals surface area contributed by atoms with Crippen molar-refractivity contribution in [1.29, 1.82) is 0 Å². The average molecular weight is 322 g/mol. The number of ether oxygens (including phenoxy) is 1. The smallest absolute Gasteiger partial charge is 0.303 e. The summed E-state index contributed by atoms with van der Waals surface area (Å²) >= 11 is 0. The van der Waals surface area contributed by atoms with E-state index in [1.54, 1.807) is 0 Å². The molecule has 0 spiro atoms. The largest absolute Gasteiger partial charge is 0.458 e. The first-order valence-electron chi connectivity index (χ1n) is 9.10. The summed E-state index contributed by atoms with van der Waals surface area (Å²) in [5, 5.41) is 2.51. The molecule has 126 valence electrons. The highest BCUT2D eigenvalue weighted by Crippen LogP contribution is 2.62. The number of carbonyl (C=O) groups is 1. The molecule has 0 aromatic heterocycles. The van der Waals surface area contributed by atoms with E-state index in [1.807, 2.05) is 0 Å². The number of esters is 1. The maximum atomic E-state index is 11.8. The molecule has 2 aliphatic rings. The van der Waals surface area contributed by atoms with Gasteiger partial charge in [0.25, 0.3) is 0 Å². The van der Waals surface area contributed by atoms with Crippen LogP contribution in [0.1, 0.15) is 68.7 Å². The van der Waals surface area contributed by atoms with Crippen LogP contribution in [-0.4, -0.2) is 5.97 Å². The molecule has 0 amide bonds. The van der Waals surface area contributed by atoms with E-state index in [2.05, 4.69) is 51.1 Å². The molecule has 4 atom stereocenters. The fourth-order valence-electron chi connectivity index (χ4n) is 5.23. The van der Waals surface area contributed by atoms with Gasteiger partial charge in [-0.05, 0) is 59.8 Å². The number of benzene rings is 2. The van der Waals surface area contributed by atoms with Gasteiger partial charge in [-0.3, -0.25) is 4.79 Å². The van der Waals surface area contributed by atoms with Gasteiger partial charge in [-0.15, -0.1) is 0 Å². The number of carbonyl (C=O) groups excluding carboxylic acids is 1. The van der Waals surface area contributed by atoms with Gasteiger partial charge in [-0.25, -0.2) is 0 Å². The highest BCUT2D eigenvalue weighted by atomic mass is 16.5. The Kier molecular flexibility index (Phi) is 3.49. The van der Waals surface area contributed by atoms with Crippen LogP contribution in [0.3, 0.4) is 0 Å². The summed E-state index contributed by atoms with van der Waals surface area (Å²) in [6.07, 6.45) is 3.33. The first-order chi connectivity index (χ1) is 11.4. The molecule has 2 aromatic rings. The summed E-state index contributed by atoms with van der Waals surface area (Å²) < 4.78 is 5.84.